The molecule has 8 heteroatoms. The molecule has 2 aliphatic heterocycles. The first-order valence-electron chi connectivity index (χ1n) is 12.8. The second-order valence-electron chi connectivity index (χ2n) is 9.66. The fourth-order valence-corrected chi connectivity index (χ4v) is 5.47. The van der Waals surface area contributed by atoms with Crippen molar-refractivity contribution in [2.45, 2.75) is 18.9 Å². The van der Waals surface area contributed by atoms with E-state index in [0.29, 0.717) is 6.04 Å². The molecule has 0 bridgehead atoms. The van der Waals surface area contributed by atoms with Crippen molar-refractivity contribution < 1.29 is 4.74 Å². The van der Waals surface area contributed by atoms with Crippen molar-refractivity contribution in [1.29, 1.82) is 0 Å². The molecule has 0 radical (unpaired) electrons. The van der Waals surface area contributed by atoms with Crippen molar-refractivity contribution >= 4 is 27.9 Å². The zero-order chi connectivity index (χ0) is 23.9. The first-order valence-corrected chi connectivity index (χ1v) is 12.8. The van der Waals surface area contributed by atoms with E-state index in [1.807, 2.05) is 18.7 Å². The van der Waals surface area contributed by atoms with E-state index in [-0.39, 0.29) is 0 Å². The highest BCUT2D eigenvalue weighted by Gasteiger charge is 2.18. The molecule has 2 saturated heterocycles. The van der Waals surface area contributed by atoms with Gasteiger partial charge in [-0.1, -0.05) is 18.2 Å². The fourth-order valence-electron chi connectivity index (χ4n) is 5.47. The van der Waals surface area contributed by atoms with Crippen LogP contribution in [0.15, 0.2) is 61.2 Å². The number of aromatic amines is 1. The van der Waals surface area contributed by atoms with E-state index in [0.717, 1.165) is 78.5 Å². The summed E-state index contributed by atoms with van der Waals surface area (Å²) in [6.45, 7) is 5.51. The van der Waals surface area contributed by atoms with Crippen LogP contribution >= 0.6 is 0 Å². The fraction of sp³-hybridized carbons (Fsp3) is 0.321. The van der Waals surface area contributed by atoms with Crippen molar-refractivity contribution in [3.63, 3.8) is 0 Å². The molecular weight excluding hydrogens is 450 g/mol. The summed E-state index contributed by atoms with van der Waals surface area (Å²) in [5, 5.41) is 3.52. The van der Waals surface area contributed by atoms with Crippen LogP contribution in [-0.2, 0) is 4.74 Å². The molecule has 7 rings (SSSR count). The number of H-pyrrole nitrogens is 1. The summed E-state index contributed by atoms with van der Waals surface area (Å²) in [5.74, 6) is 0. The Morgan fingerprint density at radius 1 is 0.972 bits per heavy atom. The van der Waals surface area contributed by atoms with E-state index in [1.54, 1.807) is 0 Å². The number of morpholine rings is 1. The molecule has 5 heterocycles. The molecule has 3 aromatic heterocycles. The third kappa shape index (κ3) is 3.83. The van der Waals surface area contributed by atoms with Gasteiger partial charge < -0.3 is 24.5 Å². The van der Waals surface area contributed by atoms with Gasteiger partial charge in [-0.15, -0.1) is 0 Å². The van der Waals surface area contributed by atoms with E-state index in [9.17, 15) is 0 Å². The Balaban J connectivity index is 1.23. The molecule has 182 valence electrons. The predicted octanol–water partition coefficient (Wildman–Crippen LogP) is 4.40. The zero-order valence-electron chi connectivity index (χ0n) is 20.2. The van der Waals surface area contributed by atoms with Crippen LogP contribution in [0.2, 0.25) is 0 Å². The lowest BCUT2D eigenvalue weighted by Crippen LogP contribution is -2.36. The summed E-state index contributed by atoms with van der Waals surface area (Å²) < 4.78 is 7.81. The number of aromatic nitrogens is 5. The van der Waals surface area contributed by atoms with Crippen LogP contribution in [-0.4, -0.2) is 63.9 Å². The Labute approximate surface area is 209 Å². The van der Waals surface area contributed by atoms with Crippen molar-refractivity contribution in [3.05, 3.63) is 61.2 Å². The Morgan fingerprint density at radius 3 is 2.67 bits per heavy atom. The number of ether oxygens (including phenoxy) is 1. The van der Waals surface area contributed by atoms with Crippen molar-refractivity contribution in [2.75, 3.05) is 44.3 Å². The largest absolute Gasteiger partial charge is 0.378 e. The molecule has 36 heavy (non-hydrogen) atoms. The summed E-state index contributed by atoms with van der Waals surface area (Å²) in [6.07, 6.45) is 8.22. The maximum atomic E-state index is 5.48. The monoisotopic (exact) mass is 479 g/mol. The number of imidazole rings is 1. The lowest BCUT2D eigenvalue weighted by Gasteiger charge is -2.28. The van der Waals surface area contributed by atoms with Gasteiger partial charge >= 0.3 is 0 Å². The molecule has 0 spiro atoms. The summed E-state index contributed by atoms with van der Waals surface area (Å²) in [7, 11) is 0. The normalized spacial score (nSPS) is 18.8. The number of hydrogen-bond acceptors (Lipinski definition) is 6. The van der Waals surface area contributed by atoms with E-state index in [2.05, 4.69) is 72.2 Å². The van der Waals surface area contributed by atoms with Gasteiger partial charge in [-0.2, -0.15) is 0 Å². The van der Waals surface area contributed by atoms with E-state index in [4.69, 9.17) is 9.72 Å². The summed E-state index contributed by atoms with van der Waals surface area (Å²) in [5.41, 5.74) is 9.20. The molecule has 0 saturated carbocycles. The van der Waals surface area contributed by atoms with Crippen LogP contribution in [0.25, 0.3) is 44.6 Å². The van der Waals surface area contributed by atoms with Crippen LogP contribution in [0.3, 0.4) is 0 Å². The van der Waals surface area contributed by atoms with Gasteiger partial charge in [0.1, 0.15) is 5.52 Å². The Kier molecular flexibility index (Phi) is 5.40. The number of rotatable bonds is 4. The molecule has 1 unspecified atom stereocenters. The highest BCUT2D eigenvalue weighted by molar-refractivity contribution is 5.94. The molecule has 2 aromatic carbocycles. The number of anilines is 1. The molecule has 2 N–H and O–H groups in total. The van der Waals surface area contributed by atoms with Crippen LogP contribution in [0.1, 0.15) is 18.9 Å². The van der Waals surface area contributed by atoms with Crippen LogP contribution < -0.4 is 10.2 Å². The standard InChI is InChI=1S/C28H29N7O/c1-2-22(15-29-9-1)35-18-32-24-8-5-20(14-26(24)35)23-16-30-28-27(23)33-25(17-31-28)19-3-6-21(7-4-19)34-10-12-36-13-11-34/h3-8,14,16-18,22,29H,1-2,9-13,15H2,(H,30,31). The first kappa shape index (κ1) is 21.5. The number of nitrogens with one attached hydrogen (secondary N) is 2. The topological polar surface area (TPSA) is 83.9 Å². The Bertz CT molecular complexity index is 1510. The van der Waals surface area contributed by atoms with Crippen LogP contribution in [0.5, 0.6) is 0 Å². The van der Waals surface area contributed by atoms with E-state index in [1.165, 1.54) is 24.0 Å². The zero-order valence-corrected chi connectivity index (χ0v) is 20.2. The molecule has 2 aliphatic rings. The molecule has 5 aromatic rings. The van der Waals surface area contributed by atoms with E-state index < -0.39 is 0 Å². The smallest absolute Gasteiger partial charge is 0.156 e. The number of benzene rings is 2. The number of piperidine rings is 1. The van der Waals surface area contributed by atoms with E-state index >= 15 is 0 Å². The van der Waals surface area contributed by atoms with Crippen molar-refractivity contribution in [1.82, 2.24) is 29.8 Å². The molecular formula is C28H29N7O. The third-order valence-electron chi connectivity index (χ3n) is 7.47. The lowest BCUT2D eigenvalue weighted by molar-refractivity contribution is 0.122. The van der Waals surface area contributed by atoms with Gasteiger partial charge in [0.2, 0.25) is 0 Å². The van der Waals surface area contributed by atoms with Gasteiger partial charge in [-0.25, -0.2) is 15.0 Å². The highest BCUT2D eigenvalue weighted by atomic mass is 16.5. The number of fused-ring (bicyclic) bond motifs is 2. The number of hydrogen-bond donors (Lipinski definition) is 2. The van der Waals surface area contributed by atoms with Crippen molar-refractivity contribution in [2.24, 2.45) is 0 Å². The third-order valence-corrected chi connectivity index (χ3v) is 7.47. The van der Waals surface area contributed by atoms with Gasteiger partial charge in [-0.05, 0) is 49.2 Å². The maximum absolute atomic E-state index is 5.48. The Morgan fingerprint density at radius 2 is 1.83 bits per heavy atom. The minimum Gasteiger partial charge on any atom is -0.378 e. The maximum Gasteiger partial charge on any atom is 0.156 e. The molecule has 2 fully saturated rings. The van der Waals surface area contributed by atoms with Gasteiger partial charge in [0.15, 0.2) is 5.65 Å². The highest BCUT2D eigenvalue weighted by Crippen LogP contribution is 2.32. The number of nitrogens with zero attached hydrogens (tertiary/aromatic N) is 5. The Hall–Kier alpha value is -3.75. The van der Waals surface area contributed by atoms with Gasteiger partial charge in [0.05, 0.1) is 42.5 Å². The summed E-state index contributed by atoms with van der Waals surface area (Å²) in [6, 6.07) is 15.5. The molecule has 0 aliphatic carbocycles. The van der Waals surface area contributed by atoms with Gasteiger partial charge in [0.25, 0.3) is 0 Å². The second kappa shape index (κ2) is 9.04. The average Bonchev–Trinajstić information content (AvgIpc) is 3.58. The summed E-state index contributed by atoms with van der Waals surface area (Å²) in [4.78, 5) is 20.1. The van der Waals surface area contributed by atoms with Gasteiger partial charge in [-0.3, -0.25) is 0 Å². The average molecular weight is 480 g/mol. The SMILES string of the molecule is c1cc(N2CCOCC2)ccc1-c1cnc2[nH]cc(-c3ccc4ncn(C5CCCNC5)c4c3)c2n1. The summed E-state index contributed by atoms with van der Waals surface area (Å²) >= 11 is 0. The van der Waals surface area contributed by atoms with Crippen LogP contribution in [0, 0.1) is 0 Å². The predicted molar refractivity (Wildman–Crippen MR) is 142 cm³/mol. The molecule has 0 amide bonds. The minimum absolute atomic E-state index is 0.439. The first-order chi connectivity index (χ1) is 17.8. The second-order valence-corrected chi connectivity index (χ2v) is 9.66. The molecule has 1 atom stereocenters. The quantitative estimate of drug-likeness (QED) is 0.398. The lowest BCUT2D eigenvalue weighted by atomic mass is 10.1. The van der Waals surface area contributed by atoms with Crippen LogP contribution in [0.4, 0.5) is 5.69 Å². The van der Waals surface area contributed by atoms with Gasteiger partial charge in [0, 0.05) is 48.7 Å². The molecule has 8 nitrogen and oxygen atoms in total. The minimum atomic E-state index is 0.439. The van der Waals surface area contributed by atoms with Crippen molar-refractivity contribution in [3.8, 4) is 22.4 Å².